The maximum Gasteiger partial charge on any atom is 0.123 e. The minimum absolute atomic E-state index is 0.147. The smallest absolute Gasteiger partial charge is 0.123 e. The van der Waals surface area contributed by atoms with Gasteiger partial charge >= 0.3 is 0 Å². The number of nitrogens with one attached hydrogen (secondary N) is 2. The van der Waals surface area contributed by atoms with Crippen LogP contribution in [0.5, 0.6) is 0 Å². The van der Waals surface area contributed by atoms with Crippen LogP contribution in [0.1, 0.15) is 44.1 Å². The molecular weight excluding hydrogens is 263 g/mol. The van der Waals surface area contributed by atoms with Crippen LogP contribution in [0.2, 0.25) is 0 Å². The minimum Gasteiger partial charge on any atom is -0.314 e. The molecule has 116 valence electrons. The topological polar surface area (TPSA) is 24.1 Å². The van der Waals surface area contributed by atoms with Gasteiger partial charge in [0.1, 0.15) is 5.82 Å². The highest BCUT2D eigenvalue weighted by Gasteiger charge is 2.33. The van der Waals surface area contributed by atoms with E-state index in [9.17, 15) is 4.39 Å². The Balaban J connectivity index is 1.46. The molecule has 3 heteroatoms. The first-order valence-electron chi connectivity index (χ1n) is 8.54. The van der Waals surface area contributed by atoms with Crippen molar-refractivity contribution in [2.75, 3.05) is 13.1 Å². The summed E-state index contributed by atoms with van der Waals surface area (Å²) in [5, 5.41) is 7.48. The first-order valence-corrected chi connectivity index (χ1v) is 8.54. The lowest BCUT2D eigenvalue weighted by Gasteiger charge is -2.33. The summed E-state index contributed by atoms with van der Waals surface area (Å²) in [4.78, 5) is 0. The van der Waals surface area contributed by atoms with Crippen LogP contribution in [0.4, 0.5) is 4.39 Å². The van der Waals surface area contributed by atoms with Gasteiger partial charge in [0.2, 0.25) is 0 Å². The fourth-order valence-corrected chi connectivity index (χ4v) is 4.02. The molecule has 0 spiro atoms. The van der Waals surface area contributed by atoms with E-state index in [0.717, 1.165) is 24.9 Å². The van der Waals surface area contributed by atoms with Gasteiger partial charge in [-0.15, -0.1) is 0 Å². The number of hydrogen-bond donors (Lipinski definition) is 2. The molecule has 3 rings (SSSR count). The molecule has 0 aromatic heterocycles. The van der Waals surface area contributed by atoms with Crippen LogP contribution >= 0.6 is 0 Å². The molecule has 2 N–H and O–H groups in total. The van der Waals surface area contributed by atoms with E-state index >= 15 is 0 Å². The Morgan fingerprint density at radius 2 is 1.90 bits per heavy atom. The van der Waals surface area contributed by atoms with Crippen LogP contribution in [0, 0.1) is 11.7 Å². The Labute approximate surface area is 127 Å². The highest BCUT2D eigenvalue weighted by atomic mass is 19.1. The van der Waals surface area contributed by atoms with Crippen molar-refractivity contribution in [2.45, 2.75) is 57.0 Å². The van der Waals surface area contributed by atoms with Gasteiger partial charge in [-0.1, -0.05) is 25.0 Å². The van der Waals surface area contributed by atoms with Gasteiger partial charge in [-0.25, -0.2) is 4.39 Å². The van der Waals surface area contributed by atoms with Crippen molar-refractivity contribution in [2.24, 2.45) is 5.92 Å². The monoisotopic (exact) mass is 290 g/mol. The van der Waals surface area contributed by atoms with Gasteiger partial charge < -0.3 is 10.6 Å². The van der Waals surface area contributed by atoms with E-state index < -0.39 is 0 Å². The summed E-state index contributed by atoms with van der Waals surface area (Å²) in [7, 11) is 0. The highest BCUT2D eigenvalue weighted by Crippen LogP contribution is 2.31. The number of benzene rings is 1. The van der Waals surface area contributed by atoms with E-state index in [-0.39, 0.29) is 5.82 Å². The molecule has 1 aromatic rings. The fraction of sp³-hybridized carbons (Fsp3) is 0.667. The third-order valence-electron chi connectivity index (χ3n) is 5.17. The lowest BCUT2D eigenvalue weighted by atomic mass is 9.88. The van der Waals surface area contributed by atoms with Gasteiger partial charge in [0.15, 0.2) is 0 Å². The lowest BCUT2D eigenvalue weighted by molar-refractivity contribution is 0.258. The third-order valence-corrected chi connectivity index (χ3v) is 5.17. The average Bonchev–Trinajstić information content (AvgIpc) is 2.99. The van der Waals surface area contributed by atoms with Crippen molar-refractivity contribution >= 4 is 0 Å². The molecule has 2 nitrogen and oxygen atoms in total. The second kappa shape index (κ2) is 7.37. The molecule has 0 radical (unpaired) electrons. The van der Waals surface area contributed by atoms with Gasteiger partial charge in [-0.05, 0) is 68.8 Å². The summed E-state index contributed by atoms with van der Waals surface area (Å²) in [6.07, 6.45) is 9.10. The minimum atomic E-state index is -0.147. The molecule has 3 atom stereocenters. The Hall–Kier alpha value is -0.930. The second-order valence-electron chi connectivity index (χ2n) is 6.59. The third kappa shape index (κ3) is 4.04. The quantitative estimate of drug-likeness (QED) is 0.869. The predicted molar refractivity (Wildman–Crippen MR) is 84.9 cm³/mol. The van der Waals surface area contributed by atoms with Gasteiger partial charge in [0, 0.05) is 12.1 Å². The van der Waals surface area contributed by atoms with Crippen molar-refractivity contribution in [3.05, 3.63) is 35.6 Å². The normalized spacial score (nSPS) is 29.7. The van der Waals surface area contributed by atoms with Crippen molar-refractivity contribution in [3.63, 3.8) is 0 Å². The molecule has 1 saturated heterocycles. The van der Waals surface area contributed by atoms with Crippen LogP contribution in [-0.2, 0) is 6.42 Å². The number of halogens is 1. The molecule has 1 aliphatic carbocycles. The zero-order valence-electron chi connectivity index (χ0n) is 12.8. The summed E-state index contributed by atoms with van der Waals surface area (Å²) in [6, 6.07) is 8.29. The largest absolute Gasteiger partial charge is 0.314 e. The summed E-state index contributed by atoms with van der Waals surface area (Å²) < 4.78 is 12.9. The maximum atomic E-state index is 12.9. The van der Waals surface area contributed by atoms with Crippen LogP contribution < -0.4 is 10.6 Å². The van der Waals surface area contributed by atoms with Gasteiger partial charge in [-0.3, -0.25) is 0 Å². The zero-order chi connectivity index (χ0) is 14.5. The fourth-order valence-electron chi connectivity index (χ4n) is 4.02. The molecule has 0 amide bonds. The number of rotatable bonds is 5. The van der Waals surface area contributed by atoms with Crippen molar-refractivity contribution in [1.82, 2.24) is 10.6 Å². The SMILES string of the molecule is Fc1ccc(CCNC2CCCC2C2CCCCN2)cc1. The average molecular weight is 290 g/mol. The highest BCUT2D eigenvalue weighted by molar-refractivity contribution is 5.16. The van der Waals surface area contributed by atoms with E-state index in [2.05, 4.69) is 10.6 Å². The van der Waals surface area contributed by atoms with Crippen molar-refractivity contribution in [1.29, 1.82) is 0 Å². The van der Waals surface area contributed by atoms with Gasteiger partial charge in [0.05, 0.1) is 0 Å². The molecule has 2 fully saturated rings. The second-order valence-corrected chi connectivity index (χ2v) is 6.59. The van der Waals surface area contributed by atoms with E-state index in [0.29, 0.717) is 6.04 Å². The Bertz CT molecular complexity index is 425. The molecule has 21 heavy (non-hydrogen) atoms. The van der Waals surface area contributed by atoms with Crippen LogP contribution in [0.3, 0.4) is 0 Å². The first-order chi connectivity index (χ1) is 10.3. The van der Waals surface area contributed by atoms with Crippen molar-refractivity contribution < 1.29 is 4.39 Å². The molecule has 3 unspecified atom stereocenters. The van der Waals surface area contributed by atoms with Crippen LogP contribution in [0.25, 0.3) is 0 Å². The summed E-state index contributed by atoms with van der Waals surface area (Å²) in [5.41, 5.74) is 1.22. The number of piperidine rings is 1. The van der Waals surface area contributed by atoms with Crippen LogP contribution in [-0.4, -0.2) is 25.2 Å². The lowest BCUT2D eigenvalue weighted by Crippen LogP contribution is -2.47. The molecule has 2 aliphatic rings. The maximum absolute atomic E-state index is 12.9. The van der Waals surface area contributed by atoms with Gasteiger partial charge in [0.25, 0.3) is 0 Å². The van der Waals surface area contributed by atoms with Crippen molar-refractivity contribution in [3.8, 4) is 0 Å². The Morgan fingerprint density at radius 1 is 1.05 bits per heavy atom. The van der Waals surface area contributed by atoms with E-state index in [4.69, 9.17) is 0 Å². The predicted octanol–water partition coefficient (Wildman–Crippen LogP) is 3.27. The molecule has 1 heterocycles. The first kappa shape index (κ1) is 15.0. The summed E-state index contributed by atoms with van der Waals surface area (Å²) in [5.74, 6) is 0.657. The van der Waals surface area contributed by atoms with Gasteiger partial charge in [-0.2, -0.15) is 0 Å². The van der Waals surface area contributed by atoms with Crippen LogP contribution in [0.15, 0.2) is 24.3 Å². The van der Waals surface area contributed by atoms with E-state index in [1.807, 2.05) is 12.1 Å². The standard InChI is InChI=1S/C18H27FN2/c19-15-9-7-14(8-10-15)11-13-21-18-6-3-4-16(18)17-5-1-2-12-20-17/h7-10,16-18,20-21H,1-6,11-13H2. The summed E-state index contributed by atoms with van der Waals surface area (Å²) in [6.45, 7) is 2.20. The number of hydrogen-bond acceptors (Lipinski definition) is 2. The molecule has 1 aliphatic heterocycles. The molecule has 1 aromatic carbocycles. The molecule has 0 bridgehead atoms. The van der Waals surface area contributed by atoms with E-state index in [1.54, 1.807) is 12.1 Å². The molecule has 1 saturated carbocycles. The Morgan fingerprint density at radius 3 is 2.67 bits per heavy atom. The Kier molecular flexibility index (Phi) is 5.26. The molecular formula is C18H27FN2. The van der Waals surface area contributed by atoms with E-state index in [1.165, 1.54) is 50.6 Å². The summed E-state index contributed by atoms with van der Waals surface area (Å²) >= 11 is 0. The zero-order valence-corrected chi connectivity index (χ0v) is 12.8.